The second-order valence-electron chi connectivity index (χ2n) is 6.86. The minimum Gasteiger partial charge on any atom is -0.481 e. The molecule has 2 amide bonds. The van der Waals surface area contributed by atoms with Gasteiger partial charge in [0.15, 0.2) is 0 Å². The lowest BCUT2D eigenvalue weighted by Crippen LogP contribution is -2.62. The summed E-state index contributed by atoms with van der Waals surface area (Å²) in [7, 11) is 2.06. The maximum Gasteiger partial charge on any atom is 0.317 e. The summed E-state index contributed by atoms with van der Waals surface area (Å²) in [5.41, 5.74) is -0.552. The van der Waals surface area contributed by atoms with Crippen molar-refractivity contribution in [3.05, 3.63) is 0 Å². The normalized spacial score (nSPS) is 19.8. The van der Waals surface area contributed by atoms with Gasteiger partial charge in [0, 0.05) is 37.1 Å². The minimum absolute atomic E-state index is 0.0409. The number of nitrogens with one attached hydrogen (secondary N) is 1. The van der Waals surface area contributed by atoms with Crippen molar-refractivity contribution in [3.8, 4) is 0 Å². The van der Waals surface area contributed by atoms with Gasteiger partial charge in [0.2, 0.25) is 0 Å². The van der Waals surface area contributed by atoms with Crippen LogP contribution in [0.5, 0.6) is 0 Å². The summed E-state index contributed by atoms with van der Waals surface area (Å²) in [5, 5.41) is 11.7. The second-order valence-corrected chi connectivity index (χ2v) is 6.86. The van der Waals surface area contributed by atoms with Crippen LogP contribution in [0.15, 0.2) is 0 Å². The van der Waals surface area contributed by atoms with Crippen molar-refractivity contribution in [2.75, 3.05) is 26.7 Å². The number of aliphatic carboxylic acids is 1. The number of piperazine rings is 1. The highest BCUT2D eigenvalue weighted by Gasteiger charge is 2.34. The number of carbonyl (C=O) groups excluding carboxylic acids is 1. The lowest BCUT2D eigenvalue weighted by molar-refractivity contribution is -0.137. The van der Waals surface area contributed by atoms with E-state index in [4.69, 9.17) is 5.11 Å². The molecule has 0 aromatic carbocycles. The number of amides is 2. The third-order valence-electron chi connectivity index (χ3n) is 4.01. The molecule has 1 aliphatic heterocycles. The quantitative estimate of drug-likeness (QED) is 0.818. The Hall–Kier alpha value is -1.30. The van der Waals surface area contributed by atoms with Gasteiger partial charge in [-0.1, -0.05) is 0 Å². The van der Waals surface area contributed by atoms with Crippen molar-refractivity contribution >= 4 is 12.0 Å². The lowest BCUT2D eigenvalue weighted by atomic mass is 9.98. The van der Waals surface area contributed by atoms with Gasteiger partial charge in [-0.25, -0.2) is 4.79 Å². The molecule has 116 valence electrons. The highest BCUT2D eigenvalue weighted by Crippen LogP contribution is 2.20. The van der Waals surface area contributed by atoms with Crippen molar-refractivity contribution < 1.29 is 14.7 Å². The monoisotopic (exact) mass is 285 g/mol. The maximum atomic E-state index is 12.3. The second kappa shape index (κ2) is 5.99. The Balaban J connectivity index is 2.56. The molecular weight excluding hydrogens is 258 g/mol. The van der Waals surface area contributed by atoms with E-state index in [0.29, 0.717) is 19.5 Å². The van der Waals surface area contributed by atoms with E-state index in [0.717, 1.165) is 6.54 Å². The molecule has 0 unspecified atom stereocenters. The number of carboxylic acids is 1. The molecule has 0 saturated carbocycles. The first-order chi connectivity index (χ1) is 9.03. The van der Waals surface area contributed by atoms with Gasteiger partial charge >= 0.3 is 12.0 Å². The van der Waals surface area contributed by atoms with Gasteiger partial charge in [0.25, 0.3) is 0 Å². The molecule has 0 aromatic rings. The molecule has 1 saturated heterocycles. The average molecular weight is 285 g/mol. The molecule has 6 heteroatoms. The molecular formula is C14H27N3O3. The third kappa shape index (κ3) is 4.67. The smallest absolute Gasteiger partial charge is 0.317 e. The van der Waals surface area contributed by atoms with E-state index in [1.807, 2.05) is 18.7 Å². The Morgan fingerprint density at radius 3 is 2.40 bits per heavy atom. The molecule has 1 fully saturated rings. The zero-order valence-electron chi connectivity index (χ0n) is 13.2. The van der Waals surface area contributed by atoms with E-state index in [1.165, 1.54) is 0 Å². The van der Waals surface area contributed by atoms with Crippen LogP contribution < -0.4 is 5.32 Å². The van der Waals surface area contributed by atoms with Crippen LogP contribution in [0.25, 0.3) is 0 Å². The number of nitrogens with zero attached hydrogens (tertiary/aromatic N) is 2. The van der Waals surface area contributed by atoms with Crippen LogP contribution >= 0.6 is 0 Å². The molecule has 1 aliphatic rings. The fourth-order valence-corrected chi connectivity index (χ4v) is 2.26. The van der Waals surface area contributed by atoms with Crippen LogP contribution in [0.2, 0.25) is 0 Å². The summed E-state index contributed by atoms with van der Waals surface area (Å²) in [4.78, 5) is 27.0. The summed E-state index contributed by atoms with van der Waals surface area (Å²) < 4.78 is 0. The first-order valence-electron chi connectivity index (χ1n) is 7.04. The number of urea groups is 1. The number of hydrogen-bond acceptors (Lipinski definition) is 3. The number of hydrogen-bond donors (Lipinski definition) is 2. The molecule has 0 spiro atoms. The van der Waals surface area contributed by atoms with Crippen molar-refractivity contribution in [3.63, 3.8) is 0 Å². The van der Waals surface area contributed by atoms with E-state index >= 15 is 0 Å². The topological polar surface area (TPSA) is 72.9 Å². The Morgan fingerprint density at radius 1 is 1.30 bits per heavy atom. The van der Waals surface area contributed by atoms with Crippen molar-refractivity contribution in [2.45, 2.75) is 51.6 Å². The van der Waals surface area contributed by atoms with E-state index in [-0.39, 0.29) is 18.0 Å². The predicted molar refractivity (Wildman–Crippen MR) is 77.8 cm³/mol. The first-order valence-corrected chi connectivity index (χ1v) is 7.04. The number of carbonyl (C=O) groups is 2. The van der Waals surface area contributed by atoms with Gasteiger partial charge in [0.1, 0.15) is 0 Å². The van der Waals surface area contributed by atoms with Gasteiger partial charge in [-0.15, -0.1) is 0 Å². The summed E-state index contributed by atoms with van der Waals surface area (Å²) in [5.74, 6) is -0.840. The zero-order chi connectivity index (χ0) is 15.6. The number of likely N-dealkylation sites (N-methyl/N-ethyl adjacent to an activating group) is 1. The molecule has 0 atom stereocenters. The molecule has 0 radical (unpaired) electrons. The fraction of sp³-hybridized carbons (Fsp3) is 0.857. The number of rotatable bonds is 4. The zero-order valence-corrected chi connectivity index (χ0v) is 13.2. The highest BCUT2D eigenvalue weighted by atomic mass is 16.4. The van der Waals surface area contributed by atoms with Crippen molar-refractivity contribution in [1.29, 1.82) is 0 Å². The summed E-state index contributed by atoms with van der Waals surface area (Å²) >= 11 is 0. The largest absolute Gasteiger partial charge is 0.481 e. The van der Waals surface area contributed by atoms with Gasteiger partial charge in [-0.2, -0.15) is 0 Å². The molecule has 20 heavy (non-hydrogen) atoms. The van der Waals surface area contributed by atoms with Gasteiger partial charge < -0.3 is 15.3 Å². The SMILES string of the molecule is CN1CCN(C(=O)NC(C)(C)CCC(=O)O)CC1(C)C. The van der Waals surface area contributed by atoms with Gasteiger partial charge in [-0.05, 0) is 41.2 Å². The molecule has 2 N–H and O–H groups in total. The maximum absolute atomic E-state index is 12.3. The van der Waals surface area contributed by atoms with Crippen molar-refractivity contribution in [2.24, 2.45) is 0 Å². The molecule has 0 aromatic heterocycles. The average Bonchev–Trinajstić information content (AvgIpc) is 2.29. The Morgan fingerprint density at radius 2 is 1.90 bits per heavy atom. The Bertz CT molecular complexity index is 380. The van der Waals surface area contributed by atoms with Crippen LogP contribution in [-0.2, 0) is 4.79 Å². The Kier molecular flexibility index (Phi) is 5.02. The van der Waals surface area contributed by atoms with E-state index in [1.54, 1.807) is 0 Å². The van der Waals surface area contributed by atoms with Crippen LogP contribution in [0.4, 0.5) is 4.79 Å². The molecule has 1 heterocycles. The standard InChI is InChI=1S/C14H27N3O3/c1-13(2,7-6-11(18)19)15-12(20)17-9-8-16(5)14(3,4)10-17/h6-10H2,1-5H3,(H,15,20)(H,18,19). The first kappa shape index (κ1) is 16.8. The molecule has 6 nitrogen and oxygen atoms in total. The van der Waals surface area contributed by atoms with Crippen LogP contribution in [0.3, 0.4) is 0 Å². The highest BCUT2D eigenvalue weighted by molar-refractivity contribution is 5.75. The van der Waals surface area contributed by atoms with E-state index < -0.39 is 11.5 Å². The molecule has 1 rings (SSSR count). The van der Waals surface area contributed by atoms with Crippen LogP contribution in [0, 0.1) is 0 Å². The Labute approximate surface area is 121 Å². The summed E-state index contributed by atoms with van der Waals surface area (Å²) in [6.45, 7) is 10.1. The summed E-state index contributed by atoms with van der Waals surface area (Å²) in [6.07, 6.45) is 0.479. The van der Waals surface area contributed by atoms with Crippen LogP contribution in [0.1, 0.15) is 40.5 Å². The van der Waals surface area contributed by atoms with E-state index in [9.17, 15) is 9.59 Å². The lowest BCUT2D eigenvalue weighted by Gasteiger charge is -2.45. The summed E-state index contributed by atoms with van der Waals surface area (Å²) in [6, 6.07) is -0.110. The van der Waals surface area contributed by atoms with Gasteiger partial charge in [0.05, 0.1) is 0 Å². The fourth-order valence-electron chi connectivity index (χ4n) is 2.26. The molecule has 0 aliphatic carbocycles. The molecule has 0 bridgehead atoms. The van der Waals surface area contributed by atoms with Gasteiger partial charge in [-0.3, -0.25) is 9.69 Å². The number of carboxylic acid groups (broad SMARTS) is 1. The predicted octanol–water partition coefficient (Wildman–Crippen LogP) is 1.37. The van der Waals surface area contributed by atoms with Crippen LogP contribution in [-0.4, -0.2) is 64.7 Å². The van der Waals surface area contributed by atoms with Crippen molar-refractivity contribution in [1.82, 2.24) is 15.1 Å². The van der Waals surface area contributed by atoms with E-state index in [2.05, 4.69) is 31.1 Å². The minimum atomic E-state index is -0.840. The third-order valence-corrected chi connectivity index (χ3v) is 4.01.